The molecule has 0 radical (unpaired) electrons. The molecule has 0 aromatic heterocycles. The first-order chi connectivity index (χ1) is 7.83. The van der Waals surface area contributed by atoms with Gasteiger partial charge in [0.25, 0.3) is 0 Å². The third kappa shape index (κ3) is 1.99. The van der Waals surface area contributed by atoms with Crippen LogP contribution in [-0.2, 0) is 5.41 Å². The molecule has 1 aromatic rings. The van der Waals surface area contributed by atoms with Crippen molar-refractivity contribution in [3.8, 4) is 12.3 Å². The maximum Gasteiger partial charge on any atom is 0.0273 e. The van der Waals surface area contributed by atoms with Gasteiger partial charge in [-0.15, -0.1) is 12.3 Å². The number of hydrogen-bond acceptors (Lipinski definition) is 1. The summed E-state index contributed by atoms with van der Waals surface area (Å²) in [6.07, 6.45) is 8.81. The van der Waals surface area contributed by atoms with Crippen molar-refractivity contribution in [3.05, 3.63) is 35.9 Å². The van der Waals surface area contributed by atoms with E-state index in [1.165, 1.54) is 18.4 Å². The van der Waals surface area contributed by atoms with Crippen molar-refractivity contribution in [2.75, 3.05) is 6.54 Å². The first-order valence-corrected chi connectivity index (χ1v) is 6.06. The normalized spacial score (nSPS) is 18.8. The van der Waals surface area contributed by atoms with Gasteiger partial charge in [-0.2, -0.15) is 0 Å². The lowest BCUT2D eigenvalue weighted by Gasteiger charge is -2.26. The summed E-state index contributed by atoms with van der Waals surface area (Å²) in [5.74, 6) is 2.81. The molecule has 1 aliphatic carbocycles. The largest absolute Gasteiger partial charge is 0.312 e. The van der Waals surface area contributed by atoms with Gasteiger partial charge in [-0.25, -0.2) is 0 Å². The van der Waals surface area contributed by atoms with Crippen molar-refractivity contribution in [2.24, 2.45) is 0 Å². The Morgan fingerprint density at radius 2 is 2.06 bits per heavy atom. The molecule has 1 fully saturated rings. The van der Waals surface area contributed by atoms with E-state index in [9.17, 15) is 0 Å². The van der Waals surface area contributed by atoms with E-state index in [4.69, 9.17) is 6.42 Å². The highest BCUT2D eigenvalue weighted by Gasteiger charge is 2.49. The van der Waals surface area contributed by atoms with Crippen LogP contribution < -0.4 is 5.32 Å². The molecule has 0 amide bonds. The molecular formula is C15H19N. The van der Waals surface area contributed by atoms with Gasteiger partial charge in [0.15, 0.2) is 0 Å². The Hall–Kier alpha value is -1.26. The SMILES string of the molecule is C#CCC(NCC)C1(c2ccccc2)CC1. The molecule has 1 aromatic carbocycles. The van der Waals surface area contributed by atoms with E-state index in [1.54, 1.807) is 0 Å². The zero-order valence-corrected chi connectivity index (χ0v) is 9.87. The average Bonchev–Trinajstić information content (AvgIpc) is 3.11. The molecule has 0 aliphatic heterocycles. The Morgan fingerprint density at radius 1 is 1.38 bits per heavy atom. The van der Waals surface area contributed by atoms with Crippen LogP contribution in [0, 0.1) is 12.3 Å². The zero-order chi connectivity index (χ0) is 11.4. The lowest BCUT2D eigenvalue weighted by molar-refractivity contribution is 0.431. The van der Waals surface area contributed by atoms with Crippen molar-refractivity contribution in [2.45, 2.75) is 37.6 Å². The first-order valence-electron chi connectivity index (χ1n) is 6.06. The van der Waals surface area contributed by atoms with Crippen LogP contribution in [0.1, 0.15) is 31.7 Å². The van der Waals surface area contributed by atoms with E-state index in [1.807, 2.05) is 0 Å². The lowest BCUT2D eigenvalue weighted by Crippen LogP contribution is -2.39. The quantitative estimate of drug-likeness (QED) is 0.742. The first kappa shape index (κ1) is 11.2. The Balaban J connectivity index is 2.21. The molecule has 1 aliphatic rings. The molecule has 1 saturated carbocycles. The predicted molar refractivity (Wildman–Crippen MR) is 68.3 cm³/mol. The van der Waals surface area contributed by atoms with Crippen LogP contribution in [0.3, 0.4) is 0 Å². The maximum atomic E-state index is 5.47. The number of benzene rings is 1. The third-order valence-corrected chi connectivity index (χ3v) is 3.58. The molecule has 0 spiro atoms. The molecule has 1 nitrogen and oxygen atoms in total. The van der Waals surface area contributed by atoms with E-state index < -0.39 is 0 Å². The second kappa shape index (κ2) is 4.72. The zero-order valence-electron chi connectivity index (χ0n) is 9.87. The Bertz CT molecular complexity index is 370. The van der Waals surface area contributed by atoms with Crippen molar-refractivity contribution in [1.82, 2.24) is 5.32 Å². The predicted octanol–water partition coefficient (Wildman–Crippen LogP) is 2.72. The lowest BCUT2D eigenvalue weighted by atomic mass is 9.86. The van der Waals surface area contributed by atoms with Crippen LogP contribution in [0.25, 0.3) is 0 Å². The topological polar surface area (TPSA) is 12.0 Å². The molecule has 16 heavy (non-hydrogen) atoms. The smallest absolute Gasteiger partial charge is 0.0273 e. The summed E-state index contributed by atoms with van der Waals surface area (Å²) in [7, 11) is 0. The van der Waals surface area contributed by atoms with Gasteiger partial charge in [-0.05, 0) is 24.9 Å². The van der Waals surface area contributed by atoms with Crippen LogP contribution in [0.4, 0.5) is 0 Å². The summed E-state index contributed by atoms with van der Waals surface area (Å²) >= 11 is 0. The van der Waals surface area contributed by atoms with Crippen LogP contribution in [0.5, 0.6) is 0 Å². The highest BCUT2D eigenvalue weighted by molar-refractivity contribution is 5.34. The molecule has 1 unspecified atom stereocenters. The van der Waals surface area contributed by atoms with Gasteiger partial charge >= 0.3 is 0 Å². The van der Waals surface area contributed by atoms with Gasteiger partial charge in [-0.1, -0.05) is 37.3 Å². The summed E-state index contributed by atoms with van der Waals surface area (Å²) < 4.78 is 0. The van der Waals surface area contributed by atoms with Crippen molar-refractivity contribution >= 4 is 0 Å². The molecule has 2 rings (SSSR count). The molecule has 1 atom stereocenters. The van der Waals surface area contributed by atoms with E-state index in [0.29, 0.717) is 11.5 Å². The number of likely N-dealkylation sites (N-methyl/N-ethyl adjacent to an activating group) is 1. The monoisotopic (exact) mass is 213 g/mol. The van der Waals surface area contributed by atoms with Gasteiger partial charge < -0.3 is 5.32 Å². The minimum atomic E-state index is 0.309. The van der Waals surface area contributed by atoms with Crippen molar-refractivity contribution in [3.63, 3.8) is 0 Å². The number of rotatable bonds is 5. The van der Waals surface area contributed by atoms with Crippen molar-refractivity contribution < 1.29 is 0 Å². The third-order valence-electron chi connectivity index (χ3n) is 3.58. The van der Waals surface area contributed by atoms with Crippen LogP contribution in [0.15, 0.2) is 30.3 Å². The molecule has 0 bridgehead atoms. The second-order valence-corrected chi connectivity index (χ2v) is 4.54. The summed E-state index contributed by atoms with van der Waals surface area (Å²) in [6, 6.07) is 11.2. The fourth-order valence-corrected chi connectivity index (χ4v) is 2.57. The average molecular weight is 213 g/mol. The van der Waals surface area contributed by atoms with Crippen LogP contribution in [0.2, 0.25) is 0 Å². The minimum Gasteiger partial charge on any atom is -0.312 e. The second-order valence-electron chi connectivity index (χ2n) is 4.54. The number of nitrogens with one attached hydrogen (secondary N) is 1. The van der Waals surface area contributed by atoms with E-state index in [0.717, 1.165) is 13.0 Å². The minimum absolute atomic E-state index is 0.309. The highest BCUT2D eigenvalue weighted by Crippen LogP contribution is 2.51. The standard InChI is InChI=1S/C15H19N/c1-3-8-14(16-4-2)15(11-12-15)13-9-6-5-7-10-13/h1,5-7,9-10,14,16H,4,8,11-12H2,2H3. The molecule has 84 valence electrons. The summed E-state index contributed by atoms with van der Waals surface area (Å²) in [6.45, 7) is 3.13. The Kier molecular flexibility index (Phi) is 3.31. The number of hydrogen-bond donors (Lipinski definition) is 1. The van der Waals surface area contributed by atoms with E-state index >= 15 is 0 Å². The summed E-state index contributed by atoms with van der Waals surface area (Å²) in [4.78, 5) is 0. The number of terminal acetylenes is 1. The fourth-order valence-electron chi connectivity index (χ4n) is 2.57. The molecule has 1 N–H and O–H groups in total. The molecule has 0 heterocycles. The van der Waals surface area contributed by atoms with E-state index in [2.05, 4.69) is 48.5 Å². The van der Waals surface area contributed by atoms with Gasteiger partial charge in [0.2, 0.25) is 0 Å². The van der Waals surface area contributed by atoms with Gasteiger partial charge in [0, 0.05) is 17.9 Å². The Labute approximate surface area is 98.3 Å². The maximum absolute atomic E-state index is 5.47. The summed E-state index contributed by atoms with van der Waals surface area (Å²) in [5, 5.41) is 3.54. The molecule has 0 saturated heterocycles. The molecular weight excluding hydrogens is 194 g/mol. The van der Waals surface area contributed by atoms with Crippen LogP contribution in [-0.4, -0.2) is 12.6 Å². The van der Waals surface area contributed by atoms with E-state index in [-0.39, 0.29) is 0 Å². The summed E-state index contributed by atoms with van der Waals surface area (Å²) in [5.41, 5.74) is 1.75. The highest BCUT2D eigenvalue weighted by atomic mass is 14.9. The van der Waals surface area contributed by atoms with Gasteiger partial charge in [0.1, 0.15) is 0 Å². The van der Waals surface area contributed by atoms with Gasteiger partial charge in [0.05, 0.1) is 0 Å². The van der Waals surface area contributed by atoms with Gasteiger partial charge in [-0.3, -0.25) is 0 Å². The van der Waals surface area contributed by atoms with Crippen molar-refractivity contribution in [1.29, 1.82) is 0 Å². The Morgan fingerprint density at radius 3 is 2.56 bits per heavy atom. The fraction of sp³-hybridized carbons (Fsp3) is 0.467. The van der Waals surface area contributed by atoms with Crippen LogP contribution >= 0.6 is 0 Å². The molecule has 1 heteroatoms.